The predicted octanol–water partition coefficient (Wildman–Crippen LogP) is 2.68. The van der Waals surface area contributed by atoms with Gasteiger partial charge in [0.05, 0.1) is 11.0 Å². The Labute approximate surface area is 107 Å². The van der Waals surface area contributed by atoms with E-state index in [0.717, 1.165) is 0 Å². The Morgan fingerprint density at radius 1 is 1.37 bits per heavy atom. The molecule has 1 heterocycles. The first-order chi connectivity index (χ1) is 9.02. The monoisotopic (exact) mass is 261 g/mol. The number of nitro groups is 1. The molecular formula is C13H11NO5. The van der Waals surface area contributed by atoms with Crippen molar-refractivity contribution in [2.75, 3.05) is 0 Å². The SMILES string of the molecule is CCCC(=O)c1cc2ccc([N+](=O)[O-])cc2oc1=O. The highest BCUT2D eigenvalue weighted by atomic mass is 16.6. The molecule has 1 aromatic carbocycles. The number of hydrogen-bond acceptors (Lipinski definition) is 5. The van der Waals surface area contributed by atoms with Gasteiger partial charge in [-0.1, -0.05) is 6.92 Å². The van der Waals surface area contributed by atoms with Crippen molar-refractivity contribution in [3.8, 4) is 0 Å². The minimum Gasteiger partial charge on any atom is -0.422 e. The quantitative estimate of drug-likeness (QED) is 0.365. The second kappa shape index (κ2) is 5.01. The lowest BCUT2D eigenvalue weighted by atomic mass is 10.1. The molecule has 0 unspecified atom stereocenters. The minimum atomic E-state index is -0.758. The van der Waals surface area contributed by atoms with E-state index in [1.807, 2.05) is 6.92 Å². The van der Waals surface area contributed by atoms with Crippen molar-refractivity contribution in [1.29, 1.82) is 0 Å². The molecule has 0 spiro atoms. The highest BCUT2D eigenvalue weighted by Gasteiger charge is 2.14. The molecule has 0 saturated carbocycles. The molecule has 0 aliphatic heterocycles. The normalized spacial score (nSPS) is 10.6. The molecule has 0 amide bonds. The van der Waals surface area contributed by atoms with Gasteiger partial charge in [0.15, 0.2) is 5.78 Å². The van der Waals surface area contributed by atoms with Crippen LogP contribution in [-0.4, -0.2) is 10.7 Å². The number of carbonyl (C=O) groups excluding carboxylic acids is 1. The summed E-state index contributed by atoms with van der Waals surface area (Å²) in [6.07, 6.45) is 0.903. The van der Waals surface area contributed by atoms with Crippen LogP contribution >= 0.6 is 0 Å². The molecule has 0 saturated heterocycles. The average molecular weight is 261 g/mol. The van der Waals surface area contributed by atoms with Gasteiger partial charge < -0.3 is 4.42 Å². The molecule has 19 heavy (non-hydrogen) atoms. The van der Waals surface area contributed by atoms with Crippen LogP contribution in [0.4, 0.5) is 5.69 Å². The zero-order valence-electron chi connectivity index (χ0n) is 10.2. The van der Waals surface area contributed by atoms with E-state index in [1.54, 1.807) is 0 Å². The Hall–Kier alpha value is -2.50. The fraction of sp³-hybridized carbons (Fsp3) is 0.231. The Balaban J connectivity index is 2.58. The molecule has 2 rings (SSSR count). The van der Waals surface area contributed by atoms with Crippen LogP contribution in [0.5, 0.6) is 0 Å². The molecule has 1 aromatic heterocycles. The lowest BCUT2D eigenvalue weighted by molar-refractivity contribution is -0.384. The van der Waals surface area contributed by atoms with Gasteiger partial charge in [-0.15, -0.1) is 0 Å². The van der Waals surface area contributed by atoms with Gasteiger partial charge in [-0.2, -0.15) is 0 Å². The van der Waals surface area contributed by atoms with Crippen LogP contribution in [-0.2, 0) is 0 Å². The van der Waals surface area contributed by atoms with Crippen LogP contribution in [0.15, 0.2) is 33.5 Å². The maximum absolute atomic E-state index is 11.7. The van der Waals surface area contributed by atoms with Crippen molar-refractivity contribution in [2.24, 2.45) is 0 Å². The largest absolute Gasteiger partial charge is 0.422 e. The van der Waals surface area contributed by atoms with Gasteiger partial charge in [-0.25, -0.2) is 4.79 Å². The molecule has 0 bridgehead atoms. The zero-order chi connectivity index (χ0) is 14.0. The molecule has 0 aliphatic carbocycles. The van der Waals surface area contributed by atoms with E-state index in [0.29, 0.717) is 11.8 Å². The van der Waals surface area contributed by atoms with E-state index in [2.05, 4.69) is 0 Å². The first kappa shape index (κ1) is 12.9. The second-order valence-electron chi connectivity index (χ2n) is 4.10. The summed E-state index contributed by atoms with van der Waals surface area (Å²) in [5.74, 6) is -0.281. The molecule has 98 valence electrons. The summed E-state index contributed by atoms with van der Waals surface area (Å²) in [6.45, 7) is 1.84. The van der Waals surface area contributed by atoms with E-state index in [4.69, 9.17) is 4.42 Å². The summed E-state index contributed by atoms with van der Waals surface area (Å²) in [5, 5.41) is 11.1. The third-order valence-corrected chi connectivity index (χ3v) is 2.71. The molecular weight excluding hydrogens is 250 g/mol. The number of carbonyl (C=O) groups is 1. The number of benzene rings is 1. The Kier molecular flexibility index (Phi) is 3.41. The van der Waals surface area contributed by atoms with Gasteiger partial charge in [0.25, 0.3) is 5.69 Å². The predicted molar refractivity (Wildman–Crippen MR) is 68.4 cm³/mol. The summed E-state index contributed by atoms with van der Waals surface area (Å²) >= 11 is 0. The second-order valence-corrected chi connectivity index (χ2v) is 4.10. The van der Waals surface area contributed by atoms with Crippen molar-refractivity contribution < 1.29 is 14.1 Å². The fourth-order valence-corrected chi connectivity index (χ4v) is 1.77. The van der Waals surface area contributed by atoms with Gasteiger partial charge in [-0.3, -0.25) is 14.9 Å². The lowest BCUT2D eigenvalue weighted by Gasteiger charge is -2.00. The first-order valence-electron chi connectivity index (χ1n) is 5.78. The van der Waals surface area contributed by atoms with Gasteiger partial charge in [0, 0.05) is 17.9 Å². The summed E-state index contributed by atoms with van der Waals surface area (Å²) < 4.78 is 4.97. The van der Waals surface area contributed by atoms with Gasteiger partial charge >= 0.3 is 5.63 Å². The number of nitrogens with zero attached hydrogens (tertiary/aromatic N) is 1. The molecule has 6 heteroatoms. The zero-order valence-corrected chi connectivity index (χ0v) is 10.2. The lowest BCUT2D eigenvalue weighted by Crippen LogP contribution is -2.13. The summed E-state index contributed by atoms with van der Waals surface area (Å²) in [7, 11) is 0. The number of rotatable bonds is 4. The van der Waals surface area contributed by atoms with Crippen molar-refractivity contribution in [1.82, 2.24) is 0 Å². The standard InChI is InChI=1S/C13H11NO5/c1-2-3-11(15)10-6-8-4-5-9(14(17)18)7-12(8)19-13(10)16/h4-7H,2-3H2,1H3. The third kappa shape index (κ3) is 2.52. The summed E-state index contributed by atoms with van der Waals surface area (Å²) in [4.78, 5) is 33.4. The number of non-ortho nitro benzene ring substituents is 1. The van der Waals surface area contributed by atoms with Gasteiger partial charge in [-0.05, 0) is 18.6 Å². The Morgan fingerprint density at radius 2 is 2.11 bits per heavy atom. The number of hydrogen-bond donors (Lipinski definition) is 0. The van der Waals surface area contributed by atoms with Crippen LogP contribution in [0.25, 0.3) is 11.0 Å². The van der Waals surface area contributed by atoms with Crippen LogP contribution in [0.3, 0.4) is 0 Å². The highest BCUT2D eigenvalue weighted by Crippen LogP contribution is 2.20. The molecule has 0 fully saturated rings. The van der Waals surface area contributed by atoms with Crippen molar-refractivity contribution in [3.63, 3.8) is 0 Å². The van der Waals surface area contributed by atoms with Gasteiger partial charge in [0.2, 0.25) is 0 Å². The Morgan fingerprint density at radius 3 is 2.74 bits per heavy atom. The first-order valence-corrected chi connectivity index (χ1v) is 5.78. The van der Waals surface area contributed by atoms with E-state index in [9.17, 15) is 19.7 Å². The van der Waals surface area contributed by atoms with E-state index >= 15 is 0 Å². The number of Topliss-reactive ketones (excluding diaryl/α,β-unsaturated/α-hetero) is 1. The topological polar surface area (TPSA) is 90.4 Å². The van der Waals surface area contributed by atoms with Crippen LogP contribution in [0, 0.1) is 10.1 Å². The van der Waals surface area contributed by atoms with Crippen molar-refractivity contribution in [2.45, 2.75) is 19.8 Å². The van der Waals surface area contributed by atoms with E-state index in [-0.39, 0.29) is 29.0 Å². The van der Waals surface area contributed by atoms with Crippen molar-refractivity contribution >= 4 is 22.4 Å². The maximum atomic E-state index is 11.7. The maximum Gasteiger partial charge on any atom is 0.347 e. The van der Waals surface area contributed by atoms with Crippen LogP contribution < -0.4 is 5.63 Å². The molecule has 0 atom stereocenters. The molecule has 2 aromatic rings. The van der Waals surface area contributed by atoms with E-state index < -0.39 is 10.5 Å². The molecule has 6 nitrogen and oxygen atoms in total. The molecule has 0 radical (unpaired) electrons. The van der Waals surface area contributed by atoms with Crippen LogP contribution in [0.2, 0.25) is 0 Å². The minimum absolute atomic E-state index is 0.0109. The average Bonchev–Trinajstić information content (AvgIpc) is 2.37. The fourth-order valence-electron chi connectivity index (χ4n) is 1.77. The van der Waals surface area contributed by atoms with E-state index in [1.165, 1.54) is 24.3 Å². The van der Waals surface area contributed by atoms with Crippen LogP contribution in [0.1, 0.15) is 30.1 Å². The van der Waals surface area contributed by atoms with Gasteiger partial charge in [0.1, 0.15) is 11.1 Å². The summed E-state index contributed by atoms with van der Waals surface area (Å²) in [5.41, 5.74) is -0.829. The highest BCUT2D eigenvalue weighted by molar-refractivity contribution is 5.98. The molecule has 0 N–H and O–H groups in total. The van der Waals surface area contributed by atoms with Crippen molar-refractivity contribution in [3.05, 3.63) is 50.4 Å². The third-order valence-electron chi connectivity index (χ3n) is 2.71. The number of nitro benzene ring substituents is 1. The smallest absolute Gasteiger partial charge is 0.347 e. The Bertz CT molecular complexity index is 717. The number of ketones is 1. The number of fused-ring (bicyclic) bond motifs is 1. The summed E-state index contributed by atoms with van der Waals surface area (Å²) in [6, 6.07) is 5.35. The molecule has 0 aliphatic rings.